The predicted octanol–water partition coefficient (Wildman–Crippen LogP) is 3.80. The van der Waals surface area contributed by atoms with Crippen LogP contribution in [0.4, 0.5) is 8.78 Å². The largest absolute Gasteiger partial charge is 0.464 e. The number of hydrogen-bond donors (Lipinski definition) is 1. The van der Waals surface area contributed by atoms with E-state index in [1.807, 2.05) is 0 Å². The number of nitrogens with zero attached hydrogens (tertiary/aromatic N) is 2. The fourth-order valence-corrected chi connectivity index (χ4v) is 3.20. The molecule has 0 fully saturated rings. The maximum absolute atomic E-state index is 13.3. The number of benzene rings is 2. The van der Waals surface area contributed by atoms with E-state index in [-0.39, 0.29) is 18.0 Å². The summed E-state index contributed by atoms with van der Waals surface area (Å²) in [6, 6.07) is 9.62. The van der Waals surface area contributed by atoms with Crippen LogP contribution in [0.3, 0.4) is 0 Å². The third kappa shape index (κ3) is 4.37. The second kappa shape index (κ2) is 8.86. The highest BCUT2D eigenvalue weighted by Crippen LogP contribution is 2.26. The first-order valence-corrected chi connectivity index (χ1v) is 9.37. The van der Waals surface area contributed by atoms with Crippen molar-refractivity contribution in [3.05, 3.63) is 82.7 Å². The molecule has 0 aliphatic rings. The van der Waals surface area contributed by atoms with Crippen LogP contribution in [0.5, 0.6) is 0 Å². The van der Waals surface area contributed by atoms with Gasteiger partial charge in [-0.25, -0.2) is 18.3 Å². The molecule has 0 saturated carbocycles. The lowest BCUT2D eigenvalue weighted by Crippen LogP contribution is -2.35. The third-order valence-electron chi connectivity index (χ3n) is 4.61. The number of carbonyl (C=O) groups is 2. The first-order valence-electron chi connectivity index (χ1n) is 9.37. The Bertz CT molecular complexity index is 1060. The molecule has 0 aliphatic heterocycles. The van der Waals surface area contributed by atoms with Crippen LogP contribution in [0.2, 0.25) is 0 Å². The van der Waals surface area contributed by atoms with E-state index in [1.54, 1.807) is 37.6 Å². The molecule has 0 bridgehead atoms. The summed E-state index contributed by atoms with van der Waals surface area (Å²) in [5.41, 5.74) is 2.39. The van der Waals surface area contributed by atoms with E-state index in [4.69, 9.17) is 4.74 Å². The molecule has 30 heavy (non-hydrogen) atoms. The van der Waals surface area contributed by atoms with Crippen molar-refractivity contribution in [2.75, 3.05) is 6.61 Å². The van der Waals surface area contributed by atoms with E-state index >= 15 is 0 Å². The van der Waals surface area contributed by atoms with Gasteiger partial charge < -0.3 is 10.1 Å². The van der Waals surface area contributed by atoms with Crippen molar-refractivity contribution >= 4 is 11.9 Å². The van der Waals surface area contributed by atoms with Crippen molar-refractivity contribution in [1.29, 1.82) is 0 Å². The van der Waals surface area contributed by atoms with Crippen molar-refractivity contribution in [3.8, 4) is 5.69 Å². The monoisotopic (exact) mass is 413 g/mol. The summed E-state index contributed by atoms with van der Waals surface area (Å²) in [6.07, 6.45) is 0. The van der Waals surface area contributed by atoms with E-state index in [2.05, 4.69) is 10.4 Å². The lowest BCUT2D eigenvalue weighted by atomic mass is 10.0. The molecule has 1 atom stereocenters. The second-order valence-corrected chi connectivity index (χ2v) is 6.64. The quantitative estimate of drug-likeness (QED) is 0.624. The van der Waals surface area contributed by atoms with Gasteiger partial charge in [-0.1, -0.05) is 0 Å². The summed E-state index contributed by atoms with van der Waals surface area (Å²) >= 11 is 0. The highest BCUT2D eigenvalue weighted by Gasteiger charge is 2.30. The number of aryl methyl sites for hydroxylation is 1. The summed E-state index contributed by atoms with van der Waals surface area (Å²) in [7, 11) is 0. The molecule has 0 spiro atoms. The zero-order valence-electron chi connectivity index (χ0n) is 16.8. The lowest BCUT2D eigenvalue weighted by Gasteiger charge is -2.18. The summed E-state index contributed by atoms with van der Waals surface area (Å²) in [5.74, 6) is -2.04. The highest BCUT2D eigenvalue weighted by molar-refractivity contribution is 5.97. The van der Waals surface area contributed by atoms with Crippen LogP contribution in [0.1, 0.15) is 40.3 Å². The van der Waals surface area contributed by atoms with Gasteiger partial charge in [-0.05, 0) is 69.3 Å². The van der Waals surface area contributed by atoms with Crippen LogP contribution in [0, 0.1) is 25.5 Å². The molecule has 3 aromatic rings. The molecular formula is C22H21F2N3O3. The topological polar surface area (TPSA) is 73.2 Å². The van der Waals surface area contributed by atoms with Gasteiger partial charge in [0.25, 0.3) is 5.91 Å². The van der Waals surface area contributed by atoms with Crippen LogP contribution in [0.15, 0.2) is 48.5 Å². The van der Waals surface area contributed by atoms with Crippen molar-refractivity contribution in [1.82, 2.24) is 15.1 Å². The van der Waals surface area contributed by atoms with Gasteiger partial charge in [0.05, 0.1) is 18.0 Å². The number of halogens is 2. The van der Waals surface area contributed by atoms with Crippen LogP contribution in [0.25, 0.3) is 5.69 Å². The molecular weight excluding hydrogens is 392 g/mol. The van der Waals surface area contributed by atoms with Gasteiger partial charge in [0.1, 0.15) is 11.6 Å². The average Bonchev–Trinajstić information content (AvgIpc) is 3.01. The fraction of sp³-hybridized carbons (Fsp3) is 0.227. The van der Waals surface area contributed by atoms with Gasteiger partial charge in [0, 0.05) is 16.8 Å². The van der Waals surface area contributed by atoms with Crippen molar-refractivity contribution < 1.29 is 23.1 Å². The Labute approximate surface area is 172 Å². The van der Waals surface area contributed by atoms with Crippen molar-refractivity contribution in [3.63, 3.8) is 0 Å². The Kier molecular flexibility index (Phi) is 6.25. The van der Waals surface area contributed by atoms with Gasteiger partial charge in [-0.3, -0.25) is 4.79 Å². The molecule has 0 radical (unpaired) electrons. The Morgan fingerprint density at radius 2 is 1.60 bits per heavy atom. The molecule has 156 valence electrons. The molecule has 3 rings (SSSR count). The molecule has 6 nitrogen and oxygen atoms in total. The fourth-order valence-electron chi connectivity index (χ4n) is 3.20. The first-order chi connectivity index (χ1) is 14.3. The van der Waals surface area contributed by atoms with Crippen LogP contribution in [-0.2, 0) is 9.53 Å². The maximum Gasteiger partial charge on any atom is 0.333 e. The number of nitrogens with one attached hydrogen (secondary N) is 1. The van der Waals surface area contributed by atoms with Crippen LogP contribution >= 0.6 is 0 Å². The second-order valence-electron chi connectivity index (χ2n) is 6.64. The van der Waals surface area contributed by atoms with E-state index in [1.165, 1.54) is 24.3 Å². The Balaban J connectivity index is 1.99. The zero-order chi connectivity index (χ0) is 21.8. The highest BCUT2D eigenvalue weighted by atomic mass is 19.1. The summed E-state index contributed by atoms with van der Waals surface area (Å²) in [4.78, 5) is 25.4. The molecule has 1 N–H and O–H groups in total. The number of carbonyl (C=O) groups excluding carboxylic acids is 2. The van der Waals surface area contributed by atoms with Gasteiger partial charge in [0.2, 0.25) is 0 Å². The van der Waals surface area contributed by atoms with Gasteiger partial charge in [-0.15, -0.1) is 0 Å². The van der Waals surface area contributed by atoms with Crippen molar-refractivity contribution in [2.24, 2.45) is 0 Å². The number of aromatic nitrogens is 2. The molecule has 0 saturated heterocycles. The minimum absolute atomic E-state index is 0.131. The normalized spacial score (nSPS) is 11.8. The molecule has 1 aromatic heterocycles. The zero-order valence-corrected chi connectivity index (χ0v) is 16.8. The standard InChI is InChI=1S/C22H21F2N3O3/c1-4-30-22(29)20(25-21(28)15-5-7-16(23)8-6-15)19-13(2)26-27(14(19)3)18-11-9-17(24)10-12-18/h5-12,20H,4H2,1-3H3,(H,25,28)/t20-/m1/s1. The molecule has 0 unspecified atom stereocenters. The Morgan fingerprint density at radius 3 is 2.17 bits per heavy atom. The summed E-state index contributed by atoms with van der Waals surface area (Å²) in [5, 5.41) is 7.11. The molecule has 0 aliphatic carbocycles. The number of esters is 1. The van der Waals surface area contributed by atoms with E-state index < -0.39 is 23.7 Å². The maximum atomic E-state index is 13.3. The van der Waals surface area contributed by atoms with Crippen LogP contribution in [-0.4, -0.2) is 28.3 Å². The number of ether oxygens (including phenoxy) is 1. The molecule has 1 heterocycles. The van der Waals surface area contributed by atoms with Gasteiger partial charge in [-0.2, -0.15) is 5.10 Å². The number of rotatable bonds is 6. The summed E-state index contributed by atoms with van der Waals surface area (Å²) in [6.45, 7) is 5.25. The Morgan fingerprint density at radius 1 is 1.03 bits per heavy atom. The smallest absolute Gasteiger partial charge is 0.333 e. The van der Waals surface area contributed by atoms with Crippen molar-refractivity contribution in [2.45, 2.75) is 26.8 Å². The predicted molar refractivity (Wildman–Crippen MR) is 106 cm³/mol. The number of amides is 1. The molecule has 2 aromatic carbocycles. The van der Waals surface area contributed by atoms with E-state index in [9.17, 15) is 18.4 Å². The number of hydrogen-bond acceptors (Lipinski definition) is 4. The van der Waals surface area contributed by atoms with Gasteiger partial charge in [0.15, 0.2) is 6.04 Å². The minimum Gasteiger partial charge on any atom is -0.464 e. The van der Waals surface area contributed by atoms with Gasteiger partial charge >= 0.3 is 5.97 Å². The van der Waals surface area contributed by atoms with Crippen LogP contribution < -0.4 is 5.32 Å². The first kappa shape index (κ1) is 21.2. The third-order valence-corrected chi connectivity index (χ3v) is 4.61. The molecule has 1 amide bonds. The van der Waals surface area contributed by atoms with E-state index in [0.717, 1.165) is 12.1 Å². The molecule has 8 heteroatoms. The van der Waals surface area contributed by atoms with E-state index in [0.29, 0.717) is 22.6 Å². The Hall–Kier alpha value is -3.55. The minimum atomic E-state index is -1.11. The average molecular weight is 413 g/mol. The summed E-state index contributed by atoms with van der Waals surface area (Å²) < 4.78 is 33.2. The SMILES string of the molecule is CCOC(=O)[C@H](NC(=O)c1ccc(F)cc1)c1c(C)nn(-c2ccc(F)cc2)c1C. The lowest BCUT2D eigenvalue weighted by molar-refractivity contribution is -0.145.